The van der Waals surface area contributed by atoms with Crippen molar-refractivity contribution in [2.75, 3.05) is 17.2 Å². The highest BCUT2D eigenvalue weighted by Gasteiger charge is 2.25. The third kappa shape index (κ3) is 3.93. The molecule has 1 saturated carbocycles. The van der Waals surface area contributed by atoms with E-state index in [1.54, 1.807) is 11.3 Å². The lowest BCUT2D eigenvalue weighted by Crippen LogP contribution is -2.34. The molecule has 0 spiro atoms. The van der Waals surface area contributed by atoms with Gasteiger partial charge < -0.3 is 15.7 Å². The Morgan fingerprint density at radius 3 is 2.88 bits per heavy atom. The van der Waals surface area contributed by atoms with Crippen molar-refractivity contribution in [3.8, 4) is 10.6 Å². The van der Waals surface area contributed by atoms with Gasteiger partial charge in [0, 0.05) is 30.9 Å². The number of carbonyl (C=O) groups excluding carboxylic acids is 1. The van der Waals surface area contributed by atoms with Crippen molar-refractivity contribution in [1.29, 1.82) is 0 Å². The van der Waals surface area contributed by atoms with Crippen molar-refractivity contribution >= 4 is 38.8 Å². The molecule has 1 fully saturated rings. The molecular formula is C16H22N4O2S2. The molecule has 1 amide bonds. The maximum Gasteiger partial charge on any atom is 0.223 e. The van der Waals surface area contributed by atoms with Crippen LogP contribution < -0.4 is 10.6 Å². The van der Waals surface area contributed by atoms with Crippen molar-refractivity contribution < 1.29 is 9.90 Å². The number of aromatic nitrogens is 2. The number of hydrogen-bond donors (Lipinski definition) is 3. The van der Waals surface area contributed by atoms with Gasteiger partial charge in [-0.05, 0) is 19.8 Å². The minimum absolute atomic E-state index is 0.122. The van der Waals surface area contributed by atoms with E-state index in [4.69, 9.17) is 0 Å². The van der Waals surface area contributed by atoms with Crippen LogP contribution in [0.2, 0.25) is 0 Å². The van der Waals surface area contributed by atoms with E-state index in [9.17, 15) is 9.90 Å². The number of hydrogen-bond acceptors (Lipinski definition) is 7. The quantitative estimate of drug-likeness (QED) is 0.754. The summed E-state index contributed by atoms with van der Waals surface area (Å²) in [5.74, 6) is 0.186. The van der Waals surface area contributed by atoms with Crippen LogP contribution in [0.1, 0.15) is 38.3 Å². The van der Waals surface area contributed by atoms with Crippen LogP contribution in [0.25, 0.3) is 10.6 Å². The molecule has 2 heterocycles. The van der Waals surface area contributed by atoms with E-state index in [1.165, 1.54) is 31.1 Å². The molecule has 6 nitrogen and oxygen atoms in total. The summed E-state index contributed by atoms with van der Waals surface area (Å²) in [5.41, 5.74) is 1.75. The predicted molar refractivity (Wildman–Crippen MR) is 98.7 cm³/mol. The average molecular weight is 367 g/mol. The van der Waals surface area contributed by atoms with Crippen LogP contribution in [-0.4, -0.2) is 33.6 Å². The molecule has 2 aromatic heterocycles. The summed E-state index contributed by atoms with van der Waals surface area (Å²) in [6.07, 6.45) is 4.53. The number of carbonyl (C=O) groups is 1. The Morgan fingerprint density at radius 2 is 2.12 bits per heavy atom. The topological polar surface area (TPSA) is 87.1 Å². The summed E-state index contributed by atoms with van der Waals surface area (Å²) in [6.45, 7) is 3.62. The molecule has 1 unspecified atom stereocenters. The number of rotatable bonds is 5. The van der Waals surface area contributed by atoms with E-state index in [0.717, 1.165) is 34.2 Å². The first-order chi connectivity index (χ1) is 11.6. The largest absolute Gasteiger partial charge is 0.396 e. The Kier molecular flexibility index (Phi) is 5.47. The average Bonchev–Trinajstić information content (AvgIpc) is 3.14. The van der Waals surface area contributed by atoms with Gasteiger partial charge in [-0.2, -0.15) is 0 Å². The summed E-state index contributed by atoms with van der Waals surface area (Å²) < 4.78 is 0. The van der Waals surface area contributed by atoms with Gasteiger partial charge in [0.25, 0.3) is 0 Å². The second-order valence-corrected chi connectivity index (χ2v) is 7.99. The highest BCUT2D eigenvalue weighted by molar-refractivity contribution is 7.19. The zero-order valence-corrected chi connectivity index (χ0v) is 15.5. The maximum absolute atomic E-state index is 11.2. The number of aliphatic hydroxyl groups excluding tert-OH is 1. The molecule has 0 aliphatic heterocycles. The van der Waals surface area contributed by atoms with Crippen LogP contribution in [0.5, 0.6) is 0 Å². The Hall–Kier alpha value is -1.51. The van der Waals surface area contributed by atoms with E-state index in [0.29, 0.717) is 17.1 Å². The van der Waals surface area contributed by atoms with Crippen molar-refractivity contribution in [3.63, 3.8) is 0 Å². The SMILES string of the molecule is CC(=O)Nc1nc(C)c(-c2csc(NC3CCCC[C@H]3CO)n2)s1. The predicted octanol–water partition coefficient (Wildman–Crippen LogP) is 3.50. The van der Waals surface area contributed by atoms with Gasteiger partial charge in [-0.15, -0.1) is 11.3 Å². The zero-order chi connectivity index (χ0) is 17.1. The minimum atomic E-state index is -0.122. The van der Waals surface area contributed by atoms with Gasteiger partial charge in [0.2, 0.25) is 5.91 Å². The molecule has 2 atom stereocenters. The van der Waals surface area contributed by atoms with E-state index in [1.807, 2.05) is 12.3 Å². The Labute approximate surface area is 149 Å². The van der Waals surface area contributed by atoms with Crippen LogP contribution >= 0.6 is 22.7 Å². The molecule has 3 N–H and O–H groups in total. The van der Waals surface area contributed by atoms with Crippen LogP contribution in [0.3, 0.4) is 0 Å². The minimum Gasteiger partial charge on any atom is -0.396 e. The lowest BCUT2D eigenvalue weighted by molar-refractivity contribution is -0.114. The number of aryl methyl sites for hydroxylation is 1. The molecule has 0 saturated heterocycles. The molecule has 1 aliphatic carbocycles. The molecule has 24 heavy (non-hydrogen) atoms. The first kappa shape index (κ1) is 17.3. The van der Waals surface area contributed by atoms with Crippen LogP contribution in [0.15, 0.2) is 5.38 Å². The maximum atomic E-state index is 11.2. The number of anilines is 2. The fraction of sp³-hybridized carbons (Fsp3) is 0.562. The first-order valence-electron chi connectivity index (χ1n) is 8.15. The van der Waals surface area contributed by atoms with Gasteiger partial charge in [-0.1, -0.05) is 24.2 Å². The number of nitrogens with zero attached hydrogens (tertiary/aromatic N) is 2. The Balaban J connectivity index is 1.73. The fourth-order valence-corrected chi connectivity index (χ4v) is 4.87. The first-order valence-corrected chi connectivity index (χ1v) is 9.84. The monoisotopic (exact) mass is 366 g/mol. The van der Waals surface area contributed by atoms with Gasteiger partial charge in [0.05, 0.1) is 16.3 Å². The third-order valence-corrected chi connectivity index (χ3v) is 6.14. The fourth-order valence-electron chi connectivity index (χ4n) is 3.06. The second-order valence-electron chi connectivity index (χ2n) is 6.13. The normalized spacial score (nSPS) is 20.8. The number of aliphatic hydroxyl groups is 1. The smallest absolute Gasteiger partial charge is 0.223 e. The van der Waals surface area contributed by atoms with Gasteiger partial charge in [0.15, 0.2) is 10.3 Å². The lowest BCUT2D eigenvalue weighted by atomic mass is 9.85. The lowest BCUT2D eigenvalue weighted by Gasteiger charge is -2.30. The molecule has 0 radical (unpaired) electrons. The Bertz CT molecular complexity index is 713. The van der Waals surface area contributed by atoms with Crippen molar-refractivity contribution in [3.05, 3.63) is 11.1 Å². The molecule has 130 valence electrons. The molecule has 8 heteroatoms. The van der Waals surface area contributed by atoms with Gasteiger partial charge in [0.1, 0.15) is 0 Å². The molecule has 0 bridgehead atoms. The van der Waals surface area contributed by atoms with Crippen LogP contribution in [0, 0.1) is 12.8 Å². The van der Waals surface area contributed by atoms with E-state index in [2.05, 4.69) is 20.6 Å². The number of amides is 1. The van der Waals surface area contributed by atoms with E-state index < -0.39 is 0 Å². The molecule has 2 aromatic rings. The summed E-state index contributed by atoms with van der Waals surface area (Å²) in [4.78, 5) is 21.2. The zero-order valence-electron chi connectivity index (χ0n) is 13.8. The Morgan fingerprint density at radius 1 is 1.33 bits per heavy atom. The summed E-state index contributed by atoms with van der Waals surface area (Å²) in [5, 5.41) is 19.2. The van der Waals surface area contributed by atoms with Crippen molar-refractivity contribution in [1.82, 2.24) is 9.97 Å². The van der Waals surface area contributed by atoms with Gasteiger partial charge in [-0.3, -0.25) is 4.79 Å². The van der Waals surface area contributed by atoms with Gasteiger partial charge >= 0.3 is 0 Å². The van der Waals surface area contributed by atoms with Gasteiger partial charge in [-0.25, -0.2) is 9.97 Å². The molecular weight excluding hydrogens is 344 g/mol. The van der Waals surface area contributed by atoms with Crippen LogP contribution in [0.4, 0.5) is 10.3 Å². The third-order valence-electron chi connectivity index (χ3n) is 4.27. The highest BCUT2D eigenvalue weighted by Crippen LogP contribution is 2.35. The van der Waals surface area contributed by atoms with E-state index in [-0.39, 0.29) is 12.5 Å². The highest BCUT2D eigenvalue weighted by atomic mass is 32.1. The van der Waals surface area contributed by atoms with Crippen molar-refractivity contribution in [2.45, 2.75) is 45.6 Å². The molecule has 1 aliphatic rings. The number of nitrogens with one attached hydrogen (secondary N) is 2. The molecule has 3 rings (SSSR count). The van der Waals surface area contributed by atoms with E-state index >= 15 is 0 Å². The summed E-state index contributed by atoms with van der Waals surface area (Å²) >= 11 is 3.01. The summed E-state index contributed by atoms with van der Waals surface area (Å²) in [7, 11) is 0. The second kappa shape index (κ2) is 7.58. The van der Waals surface area contributed by atoms with Crippen molar-refractivity contribution in [2.24, 2.45) is 5.92 Å². The molecule has 0 aromatic carbocycles. The van der Waals surface area contributed by atoms with Crippen LogP contribution in [-0.2, 0) is 4.79 Å². The standard InChI is InChI=1S/C16H22N4O2S2/c1-9-14(24-16(17-9)18-10(2)22)13-8-23-15(20-13)19-12-6-4-3-5-11(12)7-21/h8,11-12,21H,3-7H2,1-2H3,(H,19,20)(H,17,18,22)/t11-,12?/m0/s1. The summed E-state index contributed by atoms with van der Waals surface area (Å²) in [6, 6.07) is 0.292. The number of thiazole rings is 2.